The Bertz CT molecular complexity index is 632. The van der Waals surface area contributed by atoms with Crippen LogP contribution in [0.5, 0.6) is 0 Å². The molecule has 2 aromatic carbocycles. The number of hydrogen-bond donors (Lipinski definition) is 0. The molecular formula is C25H37Cl. The van der Waals surface area contributed by atoms with Crippen molar-refractivity contribution >= 4 is 11.6 Å². The average molecular weight is 373 g/mol. The van der Waals surface area contributed by atoms with Crippen LogP contribution in [0.3, 0.4) is 0 Å². The van der Waals surface area contributed by atoms with Crippen molar-refractivity contribution in [1.29, 1.82) is 0 Å². The first-order chi connectivity index (χ1) is 12.0. The van der Waals surface area contributed by atoms with Crippen molar-refractivity contribution in [2.75, 3.05) is 0 Å². The summed E-state index contributed by atoms with van der Waals surface area (Å²) >= 11 is 5.97. The van der Waals surface area contributed by atoms with Gasteiger partial charge in [-0.15, -0.1) is 0 Å². The molecule has 0 aliphatic rings. The minimum absolute atomic E-state index is 0.552. The number of hydrogen-bond acceptors (Lipinski definition) is 0. The quantitative estimate of drug-likeness (QED) is 0.502. The van der Waals surface area contributed by atoms with E-state index in [4.69, 9.17) is 11.6 Å². The fraction of sp³-hybridized carbons (Fsp3) is 0.520. The summed E-state index contributed by atoms with van der Waals surface area (Å²) in [5, 5.41) is 0.841. The summed E-state index contributed by atoms with van der Waals surface area (Å²) in [5.74, 6) is 2.40. The van der Waals surface area contributed by atoms with Gasteiger partial charge in [0, 0.05) is 5.02 Å². The first-order valence-electron chi connectivity index (χ1n) is 9.94. The molecule has 0 aliphatic heterocycles. The minimum Gasteiger partial charge on any atom is -0.0843 e. The molecule has 0 amide bonds. The van der Waals surface area contributed by atoms with Crippen LogP contribution in [-0.2, 0) is 0 Å². The Balaban J connectivity index is 0.000000260. The van der Waals surface area contributed by atoms with Crippen molar-refractivity contribution in [2.45, 2.75) is 86.0 Å². The second-order valence-electron chi connectivity index (χ2n) is 8.52. The second-order valence-corrected chi connectivity index (χ2v) is 8.96. The molecule has 2 aromatic rings. The van der Waals surface area contributed by atoms with Crippen LogP contribution < -0.4 is 0 Å². The van der Waals surface area contributed by atoms with Crippen molar-refractivity contribution < 1.29 is 0 Å². The molecule has 0 N–H and O–H groups in total. The molecule has 1 heteroatoms. The maximum absolute atomic E-state index is 5.97. The molecule has 0 atom stereocenters. The highest BCUT2D eigenvalue weighted by Crippen LogP contribution is 2.28. The van der Waals surface area contributed by atoms with E-state index >= 15 is 0 Å². The first-order valence-corrected chi connectivity index (χ1v) is 10.3. The Hall–Kier alpha value is -1.27. The molecule has 0 unspecified atom stereocenters. The molecule has 0 saturated carbocycles. The van der Waals surface area contributed by atoms with Crippen LogP contribution >= 0.6 is 11.6 Å². The third kappa shape index (κ3) is 6.47. The van der Waals surface area contributed by atoms with Gasteiger partial charge in [-0.1, -0.05) is 96.8 Å². The van der Waals surface area contributed by atoms with E-state index in [2.05, 4.69) is 92.6 Å². The maximum Gasteiger partial charge on any atom is 0.0409 e. The van der Waals surface area contributed by atoms with E-state index in [0.29, 0.717) is 23.7 Å². The zero-order valence-corrected chi connectivity index (χ0v) is 18.9. The molecule has 0 heterocycles. The molecule has 0 aliphatic carbocycles. The van der Waals surface area contributed by atoms with Crippen LogP contribution in [0.2, 0.25) is 5.02 Å². The fourth-order valence-electron chi connectivity index (χ4n) is 3.29. The lowest BCUT2D eigenvalue weighted by molar-refractivity contribution is 0.789. The van der Waals surface area contributed by atoms with Gasteiger partial charge in [-0.05, 0) is 65.0 Å². The Labute approximate surface area is 167 Å². The zero-order valence-electron chi connectivity index (χ0n) is 18.2. The molecule has 144 valence electrons. The van der Waals surface area contributed by atoms with Gasteiger partial charge in [-0.25, -0.2) is 0 Å². The van der Waals surface area contributed by atoms with Crippen LogP contribution in [0.4, 0.5) is 0 Å². The van der Waals surface area contributed by atoms with Gasteiger partial charge in [0.1, 0.15) is 0 Å². The van der Waals surface area contributed by atoms with E-state index in [1.54, 1.807) is 0 Å². The Morgan fingerprint density at radius 1 is 0.538 bits per heavy atom. The highest BCUT2D eigenvalue weighted by Gasteiger charge is 2.10. The number of aryl methyl sites for hydroxylation is 1. The Kier molecular flexibility index (Phi) is 8.90. The van der Waals surface area contributed by atoms with Gasteiger partial charge in [-0.3, -0.25) is 0 Å². The van der Waals surface area contributed by atoms with Crippen LogP contribution in [0.15, 0.2) is 36.4 Å². The van der Waals surface area contributed by atoms with Crippen LogP contribution in [0.25, 0.3) is 0 Å². The van der Waals surface area contributed by atoms with Gasteiger partial charge in [0.05, 0.1) is 0 Å². The molecular weight excluding hydrogens is 336 g/mol. The molecule has 0 fully saturated rings. The largest absolute Gasteiger partial charge is 0.0843 e. The van der Waals surface area contributed by atoms with Crippen LogP contribution in [0.1, 0.15) is 107 Å². The number of rotatable bonds is 4. The molecule has 2 rings (SSSR count). The van der Waals surface area contributed by atoms with Gasteiger partial charge in [0.25, 0.3) is 0 Å². The summed E-state index contributed by atoms with van der Waals surface area (Å²) in [6, 6.07) is 13.0. The van der Waals surface area contributed by atoms with E-state index in [0.717, 1.165) is 5.02 Å². The van der Waals surface area contributed by atoms with Crippen molar-refractivity contribution in [1.82, 2.24) is 0 Å². The van der Waals surface area contributed by atoms with E-state index in [-0.39, 0.29) is 0 Å². The summed E-state index contributed by atoms with van der Waals surface area (Å²) in [5.41, 5.74) is 7.17. The summed E-state index contributed by atoms with van der Waals surface area (Å²) in [4.78, 5) is 0. The fourth-order valence-corrected chi connectivity index (χ4v) is 3.47. The summed E-state index contributed by atoms with van der Waals surface area (Å²) in [7, 11) is 0. The van der Waals surface area contributed by atoms with Crippen molar-refractivity contribution in [3.63, 3.8) is 0 Å². The second kappa shape index (κ2) is 10.2. The van der Waals surface area contributed by atoms with E-state index in [1.807, 2.05) is 6.07 Å². The third-order valence-corrected chi connectivity index (χ3v) is 5.01. The predicted molar refractivity (Wildman–Crippen MR) is 119 cm³/mol. The lowest BCUT2D eigenvalue weighted by atomic mass is 9.89. The van der Waals surface area contributed by atoms with Crippen LogP contribution in [-0.4, -0.2) is 0 Å². The number of benzene rings is 2. The maximum atomic E-state index is 5.97. The Morgan fingerprint density at radius 3 is 1.35 bits per heavy atom. The van der Waals surface area contributed by atoms with Crippen LogP contribution in [0, 0.1) is 6.92 Å². The molecule has 0 radical (unpaired) electrons. The zero-order chi connectivity index (χ0) is 20.0. The number of halogens is 1. The van der Waals surface area contributed by atoms with Gasteiger partial charge in [0.15, 0.2) is 0 Å². The average Bonchev–Trinajstić information content (AvgIpc) is 2.54. The van der Waals surface area contributed by atoms with Gasteiger partial charge in [0.2, 0.25) is 0 Å². The van der Waals surface area contributed by atoms with Crippen molar-refractivity contribution in [3.8, 4) is 0 Å². The van der Waals surface area contributed by atoms with Crippen molar-refractivity contribution in [2.24, 2.45) is 0 Å². The molecule has 0 spiro atoms. The summed E-state index contributed by atoms with van der Waals surface area (Å²) in [6.07, 6.45) is 0. The SMILES string of the molecule is CC(C)c1ccc(Cl)cc1C(C)C.Cc1ccc(C(C)C)c(C(C)C)c1. The lowest BCUT2D eigenvalue weighted by Crippen LogP contribution is -1.98. The summed E-state index contributed by atoms with van der Waals surface area (Å²) < 4.78 is 0. The molecule has 0 saturated heterocycles. The molecule has 26 heavy (non-hydrogen) atoms. The minimum atomic E-state index is 0.552. The predicted octanol–water partition coefficient (Wildman–Crippen LogP) is 8.83. The smallest absolute Gasteiger partial charge is 0.0409 e. The van der Waals surface area contributed by atoms with E-state index in [1.165, 1.54) is 27.8 Å². The normalized spacial score (nSPS) is 11.3. The van der Waals surface area contributed by atoms with Gasteiger partial charge in [-0.2, -0.15) is 0 Å². The molecule has 0 nitrogen and oxygen atoms in total. The first kappa shape index (κ1) is 22.8. The molecule has 0 bridgehead atoms. The van der Waals surface area contributed by atoms with Crippen molar-refractivity contribution in [3.05, 3.63) is 69.2 Å². The highest BCUT2D eigenvalue weighted by atomic mass is 35.5. The van der Waals surface area contributed by atoms with Gasteiger partial charge < -0.3 is 0 Å². The standard InChI is InChI=1S/C13H20.C12H17Cl/c1-9(2)12-7-6-11(5)8-13(12)10(3)4;1-8(2)11-6-5-10(13)7-12(11)9(3)4/h6-10H,1-5H3;5-9H,1-4H3. The molecule has 0 aromatic heterocycles. The van der Waals surface area contributed by atoms with E-state index < -0.39 is 0 Å². The summed E-state index contributed by atoms with van der Waals surface area (Å²) in [6.45, 7) is 20.1. The monoisotopic (exact) mass is 372 g/mol. The lowest BCUT2D eigenvalue weighted by Gasteiger charge is -2.16. The highest BCUT2D eigenvalue weighted by molar-refractivity contribution is 6.30. The topological polar surface area (TPSA) is 0 Å². The van der Waals surface area contributed by atoms with E-state index in [9.17, 15) is 0 Å². The Morgan fingerprint density at radius 2 is 0.923 bits per heavy atom. The van der Waals surface area contributed by atoms with Gasteiger partial charge >= 0.3 is 0 Å². The third-order valence-electron chi connectivity index (χ3n) is 4.78.